The number of aromatic amines is 1. The standard InChI is InChI=1S/C19H25N5O2/c20-17-12-15(21-22-17)18(25)24-11-8-19(26,14-6-2-1-3-7-14)16(13-24)23-9-4-5-10-23/h1-3,6-7,12,16,26H,4-5,8-11,13H2,(H3,20,21,22)/t16-,19+/m1/s1. The maximum atomic E-state index is 12.8. The lowest BCUT2D eigenvalue weighted by Gasteiger charge is -2.48. The molecular weight excluding hydrogens is 330 g/mol. The van der Waals surface area contributed by atoms with Crippen LogP contribution in [0.15, 0.2) is 36.4 Å². The zero-order chi connectivity index (χ0) is 18.1. The molecule has 7 nitrogen and oxygen atoms in total. The van der Waals surface area contributed by atoms with E-state index >= 15 is 0 Å². The molecule has 0 radical (unpaired) electrons. The second kappa shape index (κ2) is 6.74. The molecule has 0 spiro atoms. The van der Waals surface area contributed by atoms with Gasteiger partial charge in [0.2, 0.25) is 0 Å². The summed E-state index contributed by atoms with van der Waals surface area (Å²) in [5.41, 5.74) is 6.00. The van der Waals surface area contributed by atoms with Gasteiger partial charge in [-0.3, -0.25) is 14.8 Å². The largest absolute Gasteiger partial charge is 0.383 e. The molecule has 2 saturated heterocycles. The number of piperidine rings is 1. The van der Waals surface area contributed by atoms with E-state index < -0.39 is 5.60 Å². The molecule has 1 aromatic heterocycles. The van der Waals surface area contributed by atoms with Crippen molar-refractivity contribution >= 4 is 11.7 Å². The van der Waals surface area contributed by atoms with Gasteiger partial charge in [-0.15, -0.1) is 0 Å². The minimum Gasteiger partial charge on any atom is -0.383 e. The lowest BCUT2D eigenvalue weighted by molar-refractivity contribution is -0.0878. The van der Waals surface area contributed by atoms with Crippen LogP contribution in [0.3, 0.4) is 0 Å². The summed E-state index contributed by atoms with van der Waals surface area (Å²) in [6.45, 7) is 2.90. The first-order chi connectivity index (χ1) is 12.6. The highest BCUT2D eigenvalue weighted by molar-refractivity contribution is 5.93. The average molecular weight is 355 g/mol. The van der Waals surface area contributed by atoms with Crippen LogP contribution in [-0.4, -0.2) is 63.2 Å². The molecule has 2 aromatic rings. The predicted molar refractivity (Wildman–Crippen MR) is 98.5 cm³/mol. The fraction of sp³-hybridized carbons (Fsp3) is 0.474. The van der Waals surface area contributed by atoms with Gasteiger partial charge < -0.3 is 15.7 Å². The molecule has 1 aromatic carbocycles. The number of nitrogens with zero attached hydrogens (tertiary/aromatic N) is 3. The smallest absolute Gasteiger partial charge is 0.271 e. The number of H-pyrrole nitrogens is 1. The third-order valence-corrected chi connectivity index (χ3v) is 5.68. The molecular formula is C19H25N5O2. The first-order valence-corrected chi connectivity index (χ1v) is 9.20. The highest BCUT2D eigenvalue weighted by Gasteiger charge is 2.47. The molecule has 0 bridgehead atoms. The molecule has 2 atom stereocenters. The molecule has 3 heterocycles. The first-order valence-electron chi connectivity index (χ1n) is 9.20. The fourth-order valence-corrected chi connectivity index (χ4v) is 4.26. The van der Waals surface area contributed by atoms with E-state index in [1.165, 1.54) is 0 Å². The summed E-state index contributed by atoms with van der Waals surface area (Å²) < 4.78 is 0. The monoisotopic (exact) mass is 355 g/mol. The number of carbonyl (C=O) groups excluding carboxylic acids is 1. The van der Waals surface area contributed by atoms with Crippen molar-refractivity contribution < 1.29 is 9.90 Å². The fourth-order valence-electron chi connectivity index (χ4n) is 4.26. The van der Waals surface area contributed by atoms with E-state index in [9.17, 15) is 9.90 Å². The molecule has 2 aliphatic heterocycles. The van der Waals surface area contributed by atoms with Crippen molar-refractivity contribution in [3.05, 3.63) is 47.7 Å². The molecule has 2 aliphatic rings. The lowest BCUT2D eigenvalue weighted by atomic mass is 9.79. The number of amides is 1. The average Bonchev–Trinajstić information content (AvgIpc) is 3.34. The Labute approximate surface area is 152 Å². The third-order valence-electron chi connectivity index (χ3n) is 5.68. The summed E-state index contributed by atoms with van der Waals surface area (Å²) in [4.78, 5) is 16.9. The van der Waals surface area contributed by atoms with Crippen molar-refractivity contribution in [3.63, 3.8) is 0 Å². The number of nitrogen functional groups attached to an aromatic ring is 1. The third kappa shape index (κ3) is 2.97. The molecule has 26 heavy (non-hydrogen) atoms. The zero-order valence-corrected chi connectivity index (χ0v) is 14.8. The second-order valence-electron chi connectivity index (χ2n) is 7.26. The van der Waals surface area contributed by atoms with E-state index in [4.69, 9.17) is 5.73 Å². The van der Waals surface area contributed by atoms with Crippen molar-refractivity contribution in [1.82, 2.24) is 20.0 Å². The lowest BCUT2D eigenvalue weighted by Crippen LogP contribution is -2.61. The molecule has 138 valence electrons. The Morgan fingerprint density at radius 1 is 1.23 bits per heavy atom. The number of rotatable bonds is 3. The maximum Gasteiger partial charge on any atom is 0.271 e. The van der Waals surface area contributed by atoms with Crippen LogP contribution in [0.25, 0.3) is 0 Å². The van der Waals surface area contributed by atoms with Crippen LogP contribution in [0.5, 0.6) is 0 Å². The number of hydrogen-bond donors (Lipinski definition) is 3. The van der Waals surface area contributed by atoms with E-state index in [0.717, 1.165) is 31.5 Å². The Kier molecular flexibility index (Phi) is 4.42. The summed E-state index contributed by atoms with van der Waals surface area (Å²) in [5.74, 6) is 0.191. The Morgan fingerprint density at radius 2 is 1.96 bits per heavy atom. The summed E-state index contributed by atoms with van der Waals surface area (Å²) in [7, 11) is 0. The van der Waals surface area contributed by atoms with Crippen molar-refractivity contribution in [2.75, 3.05) is 31.9 Å². The van der Waals surface area contributed by atoms with E-state index in [0.29, 0.717) is 31.0 Å². The molecule has 7 heteroatoms. The van der Waals surface area contributed by atoms with Gasteiger partial charge in [0.1, 0.15) is 17.1 Å². The highest BCUT2D eigenvalue weighted by Crippen LogP contribution is 2.37. The summed E-state index contributed by atoms with van der Waals surface area (Å²) in [5, 5.41) is 18.2. The Morgan fingerprint density at radius 3 is 2.62 bits per heavy atom. The van der Waals surface area contributed by atoms with Crippen LogP contribution in [0.2, 0.25) is 0 Å². The number of anilines is 1. The van der Waals surface area contributed by atoms with Gasteiger partial charge in [-0.05, 0) is 37.9 Å². The van der Waals surface area contributed by atoms with E-state index in [-0.39, 0.29) is 11.9 Å². The minimum absolute atomic E-state index is 0.117. The number of nitrogens with two attached hydrogens (primary N) is 1. The molecule has 2 fully saturated rings. The molecule has 4 N–H and O–H groups in total. The van der Waals surface area contributed by atoms with Gasteiger partial charge in [0.25, 0.3) is 5.91 Å². The number of benzene rings is 1. The number of aromatic nitrogens is 2. The zero-order valence-electron chi connectivity index (χ0n) is 14.8. The number of carbonyl (C=O) groups is 1. The minimum atomic E-state index is -0.949. The van der Waals surface area contributed by atoms with Crippen molar-refractivity contribution in [2.24, 2.45) is 0 Å². The van der Waals surface area contributed by atoms with Crippen LogP contribution in [0.1, 0.15) is 35.3 Å². The van der Waals surface area contributed by atoms with Crippen LogP contribution in [0.4, 0.5) is 5.82 Å². The van der Waals surface area contributed by atoms with Crippen LogP contribution >= 0.6 is 0 Å². The first kappa shape index (κ1) is 17.1. The quantitative estimate of drug-likeness (QED) is 0.768. The van der Waals surface area contributed by atoms with Crippen molar-refractivity contribution in [3.8, 4) is 0 Å². The molecule has 0 aliphatic carbocycles. The molecule has 4 rings (SSSR count). The summed E-state index contributed by atoms with van der Waals surface area (Å²) >= 11 is 0. The van der Waals surface area contributed by atoms with Crippen molar-refractivity contribution in [1.29, 1.82) is 0 Å². The van der Waals surface area contributed by atoms with Crippen LogP contribution < -0.4 is 5.73 Å². The van der Waals surface area contributed by atoms with E-state index in [1.807, 2.05) is 30.3 Å². The van der Waals surface area contributed by atoms with E-state index in [1.54, 1.807) is 11.0 Å². The summed E-state index contributed by atoms with van der Waals surface area (Å²) in [6.07, 6.45) is 2.77. The van der Waals surface area contributed by atoms with Gasteiger partial charge in [-0.25, -0.2) is 0 Å². The van der Waals surface area contributed by atoms with Crippen molar-refractivity contribution in [2.45, 2.75) is 30.9 Å². The van der Waals surface area contributed by atoms with Gasteiger partial charge in [0, 0.05) is 19.2 Å². The Bertz CT molecular complexity index is 771. The SMILES string of the molecule is Nc1cc(C(=O)N2CC[C@](O)(c3ccccc3)[C@H](N3CCCC3)C2)[nH]n1. The van der Waals surface area contributed by atoms with Gasteiger partial charge in [-0.1, -0.05) is 30.3 Å². The number of likely N-dealkylation sites (tertiary alicyclic amines) is 2. The van der Waals surface area contributed by atoms with Crippen LogP contribution in [0, 0.1) is 0 Å². The van der Waals surface area contributed by atoms with Gasteiger partial charge in [-0.2, -0.15) is 5.10 Å². The van der Waals surface area contributed by atoms with Gasteiger partial charge in [0.15, 0.2) is 0 Å². The van der Waals surface area contributed by atoms with Crippen LogP contribution in [-0.2, 0) is 5.60 Å². The Balaban J connectivity index is 1.62. The number of aliphatic hydroxyl groups is 1. The predicted octanol–water partition coefficient (Wildman–Crippen LogP) is 1.19. The number of hydrogen-bond acceptors (Lipinski definition) is 5. The summed E-state index contributed by atoms with van der Waals surface area (Å²) in [6, 6.07) is 11.3. The second-order valence-corrected chi connectivity index (χ2v) is 7.26. The Hall–Kier alpha value is -2.38. The highest BCUT2D eigenvalue weighted by atomic mass is 16.3. The van der Waals surface area contributed by atoms with Gasteiger partial charge in [0.05, 0.1) is 6.04 Å². The van der Waals surface area contributed by atoms with Gasteiger partial charge >= 0.3 is 0 Å². The normalized spacial score (nSPS) is 27.0. The van der Waals surface area contributed by atoms with E-state index in [2.05, 4.69) is 15.1 Å². The molecule has 0 unspecified atom stereocenters. The topological polar surface area (TPSA) is 98.5 Å². The number of nitrogens with one attached hydrogen (secondary N) is 1. The molecule has 0 saturated carbocycles. The maximum absolute atomic E-state index is 12.8. The molecule has 1 amide bonds.